The van der Waals surface area contributed by atoms with Crippen molar-refractivity contribution in [3.63, 3.8) is 0 Å². The number of piperidine rings is 1. The van der Waals surface area contributed by atoms with E-state index >= 15 is 0 Å². The molecule has 1 amide bonds. The molecule has 74 valence electrons. The summed E-state index contributed by atoms with van der Waals surface area (Å²) in [4.78, 5) is 12.7. The van der Waals surface area contributed by atoms with E-state index in [1.165, 1.54) is 0 Å². The number of rotatable bonds is 2. The third-order valence-electron chi connectivity index (χ3n) is 4.28. The smallest absolute Gasteiger partial charge is 0.211 e. The number of fused-ring (bicyclic) bond motifs is 1. The summed E-state index contributed by atoms with van der Waals surface area (Å²) in [6.45, 7) is 7.62. The Labute approximate surface area is 79.5 Å². The Balaban J connectivity index is 2.26. The van der Waals surface area contributed by atoms with Crippen molar-refractivity contribution in [2.24, 2.45) is 17.3 Å². The van der Waals surface area contributed by atoms with Crippen molar-refractivity contribution in [3.8, 4) is 0 Å². The molecule has 13 heavy (non-hydrogen) atoms. The Morgan fingerprint density at radius 2 is 2.08 bits per heavy atom. The van der Waals surface area contributed by atoms with Gasteiger partial charge >= 0.3 is 0 Å². The van der Waals surface area contributed by atoms with E-state index in [1.54, 1.807) is 0 Å². The van der Waals surface area contributed by atoms with E-state index in [0.717, 1.165) is 13.0 Å². The monoisotopic (exact) mass is 182 g/mol. The second kappa shape index (κ2) is 2.27. The van der Waals surface area contributed by atoms with Crippen LogP contribution in [0.25, 0.3) is 0 Å². The fraction of sp³-hybridized carbons (Fsp3) is 0.900. The molecule has 0 aromatic rings. The van der Waals surface area contributed by atoms with E-state index in [1.807, 2.05) is 11.9 Å². The van der Waals surface area contributed by atoms with E-state index in [4.69, 9.17) is 0 Å². The molecule has 0 bridgehead atoms. The van der Waals surface area contributed by atoms with Gasteiger partial charge in [0.1, 0.15) is 0 Å². The van der Waals surface area contributed by atoms with Gasteiger partial charge in [-0.2, -0.15) is 0 Å². The predicted octanol–water partition coefficient (Wildman–Crippen LogP) is 0.666. The zero-order valence-corrected chi connectivity index (χ0v) is 8.79. The van der Waals surface area contributed by atoms with Gasteiger partial charge in [0.05, 0.1) is 5.66 Å². The fourth-order valence-electron chi connectivity index (χ4n) is 3.23. The molecule has 1 saturated carbocycles. The van der Waals surface area contributed by atoms with Crippen LogP contribution in [0.2, 0.25) is 0 Å². The first-order valence-electron chi connectivity index (χ1n) is 4.89. The molecule has 1 aliphatic carbocycles. The molecule has 0 aromatic carbocycles. The van der Waals surface area contributed by atoms with Gasteiger partial charge in [0.15, 0.2) is 0 Å². The van der Waals surface area contributed by atoms with Crippen LogP contribution in [0, 0.1) is 17.3 Å². The highest BCUT2D eigenvalue weighted by molar-refractivity contribution is 5.52. The number of carbonyl (C=O) groups excluding carboxylic acids is 1. The predicted molar refractivity (Wildman–Crippen MR) is 51.0 cm³/mol. The second-order valence-electron chi connectivity index (χ2n) is 5.06. The number of nitrogens with zero attached hydrogens (tertiary/aromatic N) is 1. The van der Waals surface area contributed by atoms with Crippen molar-refractivity contribution < 1.29 is 4.79 Å². The normalized spacial score (nSPS) is 46.0. The van der Waals surface area contributed by atoms with Gasteiger partial charge < -0.3 is 4.90 Å². The molecule has 3 nitrogen and oxygen atoms in total. The molecular weight excluding hydrogens is 164 g/mol. The number of likely N-dealkylation sites (tertiary alicyclic amines) is 1. The molecule has 2 rings (SSSR count). The molecule has 3 atom stereocenters. The van der Waals surface area contributed by atoms with E-state index in [0.29, 0.717) is 17.3 Å². The number of amides is 1. The number of hydrogen-bond donors (Lipinski definition) is 1. The number of carbonyl (C=O) groups is 1. The van der Waals surface area contributed by atoms with Gasteiger partial charge in [-0.15, -0.1) is 0 Å². The highest BCUT2D eigenvalue weighted by Gasteiger charge is 2.71. The van der Waals surface area contributed by atoms with E-state index in [2.05, 4.69) is 26.1 Å². The lowest BCUT2D eigenvalue weighted by molar-refractivity contribution is -0.124. The Hall–Kier alpha value is -0.570. The van der Waals surface area contributed by atoms with Gasteiger partial charge in [-0.25, -0.2) is 0 Å². The molecule has 2 fully saturated rings. The van der Waals surface area contributed by atoms with Gasteiger partial charge in [-0.3, -0.25) is 10.1 Å². The minimum Gasteiger partial charge on any atom is -0.327 e. The van der Waals surface area contributed by atoms with Crippen LogP contribution >= 0.6 is 0 Å². The molecule has 0 aromatic heterocycles. The summed E-state index contributed by atoms with van der Waals surface area (Å²) in [5, 5.41) is 3.28. The first-order chi connectivity index (χ1) is 5.98. The minimum atomic E-state index is -0.115. The van der Waals surface area contributed by atoms with Crippen molar-refractivity contribution in [3.05, 3.63) is 0 Å². The molecule has 2 aliphatic rings. The van der Waals surface area contributed by atoms with Crippen molar-refractivity contribution in [1.29, 1.82) is 0 Å². The minimum absolute atomic E-state index is 0.115. The van der Waals surface area contributed by atoms with Crippen LogP contribution in [0.1, 0.15) is 20.8 Å². The highest BCUT2D eigenvalue weighted by Crippen LogP contribution is 2.67. The maximum absolute atomic E-state index is 10.8. The fourth-order valence-corrected chi connectivity index (χ4v) is 3.23. The van der Waals surface area contributed by atoms with Crippen LogP contribution in [-0.4, -0.2) is 30.6 Å². The SMILES string of the molecule is CNC1(C)C2C(CN1C=O)C2(C)C. The van der Waals surface area contributed by atoms with Crippen molar-refractivity contribution >= 4 is 6.41 Å². The Morgan fingerprint density at radius 3 is 2.54 bits per heavy atom. The third kappa shape index (κ3) is 0.857. The average molecular weight is 182 g/mol. The molecule has 0 spiro atoms. The van der Waals surface area contributed by atoms with Crippen molar-refractivity contribution in [1.82, 2.24) is 10.2 Å². The number of nitrogens with one attached hydrogen (secondary N) is 1. The first kappa shape index (κ1) is 9.00. The van der Waals surface area contributed by atoms with Crippen LogP contribution in [-0.2, 0) is 4.79 Å². The highest BCUT2D eigenvalue weighted by atomic mass is 16.1. The quantitative estimate of drug-likeness (QED) is 0.636. The summed E-state index contributed by atoms with van der Waals surface area (Å²) in [6, 6.07) is 0. The summed E-state index contributed by atoms with van der Waals surface area (Å²) in [6.07, 6.45) is 0.971. The van der Waals surface area contributed by atoms with Crippen LogP contribution in [0.5, 0.6) is 0 Å². The second-order valence-corrected chi connectivity index (χ2v) is 5.06. The van der Waals surface area contributed by atoms with Crippen LogP contribution in [0.4, 0.5) is 0 Å². The maximum atomic E-state index is 10.8. The largest absolute Gasteiger partial charge is 0.327 e. The number of hydrogen-bond acceptors (Lipinski definition) is 2. The van der Waals surface area contributed by atoms with Gasteiger partial charge in [0.25, 0.3) is 0 Å². The van der Waals surface area contributed by atoms with E-state index < -0.39 is 0 Å². The van der Waals surface area contributed by atoms with Crippen molar-refractivity contribution in [2.45, 2.75) is 26.4 Å². The summed E-state index contributed by atoms with van der Waals surface area (Å²) in [5.74, 6) is 1.31. The van der Waals surface area contributed by atoms with E-state index in [9.17, 15) is 4.79 Å². The van der Waals surface area contributed by atoms with Crippen LogP contribution in [0.3, 0.4) is 0 Å². The zero-order chi connectivity index (χ0) is 9.85. The van der Waals surface area contributed by atoms with E-state index in [-0.39, 0.29) is 5.66 Å². The lowest BCUT2D eigenvalue weighted by atomic mass is 9.97. The van der Waals surface area contributed by atoms with Crippen molar-refractivity contribution in [2.75, 3.05) is 13.6 Å². The molecule has 0 radical (unpaired) electrons. The van der Waals surface area contributed by atoms with Gasteiger partial charge in [0.2, 0.25) is 6.41 Å². The molecule has 1 saturated heterocycles. The van der Waals surface area contributed by atoms with Gasteiger partial charge in [-0.1, -0.05) is 13.8 Å². The molecule has 1 N–H and O–H groups in total. The van der Waals surface area contributed by atoms with Crippen LogP contribution in [0.15, 0.2) is 0 Å². The van der Waals surface area contributed by atoms with Gasteiger partial charge in [0, 0.05) is 12.5 Å². The third-order valence-corrected chi connectivity index (χ3v) is 4.28. The summed E-state index contributed by atoms with van der Waals surface area (Å²) >= 11 is 0. The Kier molecular flexibility index (Phi) is 1.57. The lowest BCUT2D eigenvalue weighted by Gasteiger charge is -2.37. The molecule has 3 heteroatoms. The van der Waals surface area contributed by atoms with Gasteiger partial charge in [-0.05, 0) is 25.3 Å². The summed E-state index contributed by atoms with van der Waals surface area (Å²) in [7, 11) is 1.94. The Morgan fingerprint density at radius 1 is 1.46 bits per heavy atom. The summed E-state index contributed by atoms with van der Waals surface area (Å²) in [5.41, 5.74) is 0.299. The first-order valence-corrected chi connectivity index (χ1v) is 4.89. The molecule has 1 aliphatic heterocycles. The Bertz CT molecular complexity index is 251. The maximum Gasteiger partial charge on any atom is 0.211 e. The standard InChI is InChI=1S/C10H18N2O/c1-9(2)7-5-12(6-13)10(3,11-4)8(7)9/h6-8,11H,5H2,1-4H3. The molecule has 1 heterocycles. The zero-order valence-electron chi connectivity index (χ0n) is 8.79. The molecule has 3 unspecified atom stereocenters. The summed E-state index contributed by atoms with van der Waals surface area (Å²) < 4.78 is 0. The average Bonchev–Trinajstić information content (AvgIpc) is 2.49. The lowest BCUT2D eigenvalue weighted by Crippen LogP contribution is -2.55. The topological polar surface area (TPSA) is 32.3 Å². The molecular formula is C10H18N2O. The van der Waals surface area contributed by atoms with Crippen LogP contribution < -0.4 is 5.32 Å².